The molecule has 3 aromatic rings. The van der Waals surface area contributed by atoms with Crippen molar-refractivity contribution in [2.24, 2.45) is 0 Å². The Morgan fingerprint density at radius 3 is 2.32 bits per heavy atom. The number of halogens is 2. The first kappa shape index (κ1) is 19.5. The van der Waals surface area contributed by atoms with E-state index >= 15 is 0 Å². The highest BCUT2D eigenvalue weighted by atomic mass is 32.2. The Bertz CT molecular complexity index is 895. The third-order valence-corrected chi connectivity index (χ3v) is 7.99. The predicted octanol–water partition coefficient (Wildman–Crippen LogP) is 6.47. The molecule has 1 aliphatic rings. The van der Waals surface area contributed by atoms with Gasteiger partial charge < -0.3 is 9.47 Å². The van der Waals surface area contributed by atoms with Crippen molar-refractivity contribution in [2.45, 2.75) is 17.8 Å². The van der Waals surface area contributed by atoms with Crippen LogP contribution in [0, 0.1) is 0 Å². The Morgan fingerprint density at radius 1 is 0.964 bits per heavy atom. The van der Waals surface area contributed by atoms with Gasteiger partial charge in [0.2, 0.25) is 0 Å². The van der Waals surface area contributed by atoms with E-state index in [1.54, 1.807) is 12.1 Å². The van der Waals surface area contributed by atoms with Crippen LogP contribution >= 0.6 is 34.9 Å². The lowest BCUT2D eigenvalue weighted by atomic mass is 10.2. The zero-order valence-electron chi connectivity index (χ0n) is 14.7. The number of thioether (sulfide) groups is 2. The lowest BCUT2D eigenvalue weighted by Crippen LogP contribution is -2.01. The summed E-state index contributed by atoms with van der Waals surface area (Å²) in [6.45, 7) is -2.43. The first-order valence-electron chi connectivity index (χ1n) is 8.63. The van der Waals surface area contributed by atoms with Gasteiger partial charge in [-0.3, -0.25) is 0 Å². The minimum Gasteiger partial charge on any atom is -0.486 e. The summed E-state index contributed by atoms with van der Waals surface area (Å²) < 4.78 is 35.2. The molecule has 0 spiro atoms. The molecule has 28 heavy (non-hydrogen) atoms. The molecule has 4 rings (SSSR count). The number of thiazole rings is 1. The molecule has 1 fully saturated rings. The third kappa shape index (κ3) is 4.98. The fourth-order valence-electron chi connectivity index (χ4n) is 2.73. The van der Waals surface area contributed by atoms with Crippen LogP contribution in [0.3, 0.4) is 0 Å². The molecule has 0 N–H and O–H groups in total. The van der Waals surface area contributed by atoms with Crippen molar-refractivity contribution in [3.05, 3.63) is 64.5 Å². The Balaban J connectivity index is 1.34. The minimum atomic E-state index is -2.82. The molecule has 0 aliphatic carbocycles. The molecular formula is C20H17F2NO2S3. The average molecular weight is 438 g/mol. The summed E-state index contributed by atoms with van der Waals surface area (Å²) >= 11 is 5.48. The van der Waals surface area contributed by atoms with Gasteiger partial charge in [-0.05, 0) is 42.0 Å². The smallest absolute Gasteiger partial charge is 0.387 e. The maximum absolute atomic E-state index is 12.2. The van der Waals surface area contributed by atoms with Gasteiger partial charge >= 0.3 is 6.61 Å². The highest BCUT2D eigenvalue weighted by Crippen LogP contribution is 2.45. The van der Waals surface area contributed by atoms with Gasteiger partial charge in [0, 0.05) is 22.4 Å². The number of nitrogens with zero attached hydrogens (tertiary/aromatic N) is 1. The fraction of sp³-hybridized carbons (Fsp3) is 0.250. The molecule has 2 aromatic carbocycles. The topological polar surface area (TPSA) is 31.4 Å². The van der Waals surface area contributed by atoms with Gasteiger partial charge in [-0.1, -0.05) is 12.1 Å². The van der Waals surface area contributed by atoms with Gasteiger partial charge in [-0.25, -0.2) is 4.98 Å². The highest BCUT2D eigenvalue weighted by Gasteiger charge is 2.18. The largest absolute Gasteiger partial charge is 0.486 e. The fourth-order valence-corrected chi connectivity index (χ4v) is 6.31. The molecule has 0 saturated carbocycles. The van der Waals surface area contributed by atoms with E-state index in [0.29, 0.717) is 11.2 Å². The Kier molecular flexibility index (Phi) is 6.39. The van der Waals surface area contributed by atoms with Crippen LogP contribution in [-0.4, -0.2) is 23.1 Å². The van der Waals surface area contributed by atoms with Crippen LogP contribution in [0.1, 0.15) is 15.2 Å². The van der Waals surface area contributed by atoms with E-state index in [1.165, 1.54) is 40.5 Å². The van der Waals surface area contributed by atoms with E-state index < -0.39 is 6.61 Å². The Hall–Kier alpha value is -1.77. The molecule has 0 unspecified atom stereocenters. The van der Waals surface area contributed by atoms with E-state index in [1.807, 2.05) is 41.0 Å². The summed E-state index contributed by atoms with van der Waals surface area (Å²) in [4.78, 5) is 4.56. The molecule has 1 aliphatic heterocycles. The molecule has 0 amide bonds. The van der Waals surface area contributed by atoms with E-state index in [2.05, 4.69) is 21.9 Å². The molecule has 1 aromatic heterocycles. The highest BCUT2D eigenvalue weighted by molar-refractivity contribution is 8.19. The number of ether oxygens (including phenoxy) is 2. The Morgan fingerprint density at radius 2 is 1.64 bits per heavy atom. The summed E-state index contributed by atoms with van der Waals surface area (Å²) in [7, 11) is 0. The van der Waals surface area contributed by atoms with Gasteiger partial charge in [0.1, 0.15) is 23.1 Å². The number of alkyl halides is 2. The second-order valence-electron chi connectivity index (χ2n) is 5.96. The third-order valence-electron chi connectivity index (χ3n) is 4.06. The molecule has 0 atom stereocenters. The number of rotatable bonds is 7. The summed E-state index contributed by atoms with van der Waals surface area (Å²) in [6, 6.07) is 14.7. The quantitative estimate of drug-likeness (QED) is 0.423. The van der Waals surface area contributed by atoms with Gasteiger partial charge in [0.25, 0.3) is 0 Å². The van der Waals surface area contributed by atoms with Crippen LogP contribution in [0.5, 0.6) is 11.5 Å². The van der Waals surface area contributed by atoms with Crippen LogP contribution in [0.2, 0.25) is 0 Å². The van der Waals surface area contributed by atoms with Gasteiger partial charge in [-0.2, -0.15) is 8.78 Å². The van der Waals surface area contributed by atoms with Crippen molar-refractivity contribution in [3.63, 3.8) is 0 Å². The van der Waals surface area contributed by atoms with Crippen molar-refractivity contribution in [1.82, 2.24) is 4.98 Å². The van der Waals surface area contributed by atoms with E-state index in [9.17, 15) is 8.78 Å². The first-order valence-corrected chi connectivity index (χ1v) is 11.6. The van der Waals surface area contributed by atoms with Crippen molar-refractivity contribution in [1.29, 1.82) is 0 Å². The molecule has 1 saturated heterocycles. The molecule has 3 nitrogen and oxygen atoms in total. The zero-order valence-corrected chi connectivity index (χ0v) is 17.2. The SMILES string of the molecule is FC(F)Oc1ccc(-c2csc(COc3ccc(C4SCCS4)cc3)n2)cc1. The number of hydrogen-bond donors (Lipinski definition) is 0. The minimum absolute atomic E-state index is 0.135. The van der Waals surface area contributed by atoms with Crippen molar-refractivity contribution in [2.75, 3.05) is 11.5 Å². The first-order chi connectivity index (χ1) is 13.7. The van der Waals surface area contributed by atoms with Crippen LogP contribution in [0.15, 0.2) is 53.9 Å². The van der Waals surface area contributed by atoms with Crippen molar-refractivity contribution < 1.29 is 18.3 Å². The van der Waals surface area contributed by atoms with Crippen molar-refractivity contribution in [3.8, 4) is 22.8 Å². The number of benzene rings is 2. The average Bonchev–Trinajstić information content (AvgIpc) is 3.39. The standard InChI is InChI=1S/C20H17F2NO2S3/c21-20(22)25-16-7-1-13(2-8-16)17-12-28-18(23-17)11-24-15-5-3-14(4-6-15)19-26-9-10-27-19/h1-8,12,19-20H,9-11H2. The molecule has 0 radical (unpaired) electrons. The van der Waals surface area contributed by atoms with E-state index in [4.69, 9.17) is 4.74 Å². The predicted molar refractivity (Wildman–Crippen MR) is 113 cm³/mol. The van der Waals surface area contributed by atoms with Gasteiger partial charge in [-0.15, -0.1) is 34.9 Å². The van der Waals surface area contributed by atoms with Gasteiger partial charge in [0.15, 0.2) is 0 Å². The Labute approximate surface area is 174 Å². The summed E-state index contributed by atoms with van der Waals surface area (Å²) in [5.41, 5.74) is 2.97. The lowest BCUT2D eigenvalue weighted by Gasteiger charge is -2.09. The van der Waals surface area contributed by atoms with E-state index in [-0.39, 0.29) is 5.75 Å². The molecular weight excluding hydrogens is 420 g/mol. The molecule has 8 heteroatoms. The molecule has 0 bridgehead atoms. The van der Waals surface area contributed by atoms with Crippen LogP contribution in [-0.2, 0) is 6.61 Å². The second kappa shape index (κ2) is 9.15. The normalized spacial score (nSPS) is 14.5. The van der Waals surface area contributed by atoms with Crippen LogP contribution < -0.4 is 9.47 Å². The summed E-state index contributed by atoms with van der Waals surface area (Å²) in [5.74, 6) is 3.38. The number of aromatic nitrogens is 1. The molecule has 2 heterocycles. The molecule has 146 valence electrons. The van der Waals surface area contributed by atoms with Gasteiger partial charge in [0.05, 0.1) is 10.3 Å². The maximum Gasteiger partial charge on any atom is 0.387 e. The second-order valence-corrected chi connectivity index (χ2v) is 9.63. The van der Waals surface area contributed by atoms with Crippen LogP contribution in [0.25, 0.3) is 11.3 Å². The summed E-state index contributed by atoms with van der Waals surface area (Å²) in [6.07, 6.45) is 0. The number of hydrogen-bond acceptors (Lipinski definition) is 6. The lowest BCUT2D eigenvalue weighted by molar-refractivity contribution is -0.0498. The maximum atomic E-state index is 12.2. The monoisotopic (exact) mass is 437 g/mol. The van der Waals surface area contributed by atoms with Crippen molar-refractivity contribution >= 4 is 34.9 Å². The van der Waals surface area contributed by atoms with E-state index in [0.717, 1.165) is 22.0 Å². The van der Waals surface area contributed by atoms with Crippen LogP contribution in [0.4, 0.5) is 8.78 Å². The zero-order chi connectivity index (χ0) is 19.3. The summed E-state index contributed by atoms with van der Waals surface area (Å²) in [5, 5.41) is 2.79.